The number of halogens is 3. The molecule has 8 nitrogen and oxygen atoms in total. The molecule has 47 heavy (non-hydrogen) atoms. The number of rotatable bonds is 11. The molecular formula is C36H38F3N3O5. The molecule has 248 valence electrons. The number of aryl methyl sites for hydroxylation is 3. The Hall–Kier alpha value is -4.51. The molecule has 11 heteroatoms. The number of hydrogen-bond donors (Lipinski definition) is 2. The van der Waals surface area contributed by atoms with Crippen molar-refractivity contribution in [3.8, 4) is 11.5 Å². The van der Waals surface area contributed by atoms with E-state index in [1.165, 1.54) is 4.90 Å². The van der Waals surface area contributed by atoms with Crippen LogP contribution in [0.2, 0.25) is 0 Å². The minimum absolute atomic E-state index is 0.00847. The zero-order valence-electron chi connectivity index (χ0n) is 26.4. The molecule has 3 aromatic carbocycles. The number of benzene rings is 3. The van der Waals surface area contributed by atoms with E-state index in [2.05, 4.69) is 5.32 Å². The van der Waals surface area contributed by atoms with Crippen LogP contribution in [0, 0.1) is 31.3 Å². The normalized spacial score (nSPS) is 19.0. The Morgan fingerprint density at radius 1 is 0.957 bits per heavy atom. The van der Waals surface area contributed by atoms with Gasteiger partial charge in [-0.25, -0.2) is 13.6 Å². The fourth-order valence-corrected chi connectivity index (χ4v) is 6.41. The van der Waals surface area contributed by atoms with Gasteiger partial charge < -0.3 is 24.8 Å². The summed E-state index contributed by atoms with van der Waals surface area (Å²) in [5, 5.41) is 13.5. The third-order valence-electron chi connectivity index (χ3n) is 9.25. The number of nitrogens with zero attached hydrogens (tertiary/aromatic N) is 2. The van der Waals surface area contributed by atoms with Crippen molar-refractivity contribution in [2.75, 3.05) is 26.4 Å². The summed E-state index contributed by atoms with van der Waals surface area (Å²) in [6.45, 7) is 4.90. The number of piperazine rings is 1. The molecule has 1 saturated heterocycles. The van der Waals surface area contributed by atoms with E-state index >= 15 is 0 Å². The summed E-state index contributed by atoms with van der Waals surface area (Å²) in [6, 6.07) is 14.1. The summed E-state index contributed by atoms with van der Waals surface area (Å²) >= 11 is 0. The van der Waals surface area contributed by atoms with Crippen molar-refractivity contribution in [2.24, 2.45) is 0 Å². The molecule has 2 fully saturated rings. The van der Waals surface area contributed by atoms with Gasteiger partial charge in [-0.3, -0.25) is 9.69 Å². The van der Waals surface area contributed by atoms with Gasteiger partial charge in [0.15, 0.2) is 24.1 Å². The molecule has 2 unspecified atom stereocenters. The van der Waals surface area contributed by atoms with Gasteiger partial charge in [0.05, 0.1) is 18.7 Å². The van der Waals surface area contributed by atoms with Crippen LogP contribution in [0.4, 0.5) is 18.0 Å². The van der Waals surface area contributed by atoms with Crippen molar-refractivity contribution in [3.05, 3.63) is 99.9 Å². The number of amides is 2. The van der Waals surface area contributed by atoms with Crippen LogP contribution in [0.1, 0.15) is 47.9 Å². The van der Waals surface area contributed by atoms with Crippen molar-refractivity contribution >= 4 is 17.6 Å². The van der Waals surface area contributed by atoms with Crippen LogP contribution in [-0.4, -0.2) is 71.5 Å². The van der Waals surface area contributed by atoms with Crippen LogP contribution >= 0.6 is 0 Å². The summed E-state index contributed by atoms with van der Waals surface area (Å²) in [5.41, 5.74) is 5.30. The number of nitrogens with one attached hydrogen (secondary N) is 1. The molecule has 0 radical (unpaired) electrons. The van der Waals surface area contributed by atoms with Crippen LogP contribution in [0.3, 0.4) is 0 Å². The first kappa shape index (κ1) is 32.4. The maximum Gasteiger partial charge on any atom is 0.408 e. The van der Waals surface area contributed by atoms with Gasteiger partial charge in [0.25, 0.3) is 5.91 Å². The highest BCUT2D eigenvalue weighted by Gasteiger charge is 2.46. The van der Waals surface area contributed by atoms with E-state index in [0.717, 1.165) is 46.7 Å². The Bertz CT molecular complexity index is 1690. The molecule has 3 aromatic rings. The average Bonchev–Trinajstić information content (AvgIpc) is 3.89. The predicted octanol–water partition coefficient (Wildman–Crippen LogP) is 6.24. The fraction of sp³-hybridized carbons (Fsp3) is 0.389. The molecule has 0 aromatic heterocycles. The first-order chi connectivity index (χ1) is 22.6. The highest BCUT2D eigenvalue weighted by molar-refractivity contribution is 6.04. The van der Waals surface area contributed by atoms with Gasteiger partial charge in [0.1, 0.15) is 5.75 Å². The van der Waals surface area contributed by atoms with Crippen LogP contribution < -0.4 is 14.8 Å². The standard InChI is InChI=1S/C36H38F3N3O5/c1-21-5-12-27(16-22(21)2)47-20-41(25-10-11-25)35(43)32-28(17-26-18-40-19-31(32)42(26)36(44)45)24-8-6-23(7-9-24)4-3-15-46-34-30(38)14-13-29(37)33(34)39/h5-9,12-14,16,25-26,31,40H,3-4,10-11,15,17-20H2,1-2H3,(H,44,45). The van der Waals surface area contributed by atoms with Crippen molar-refractivity contribution in [2.45, 2.75) is 64.1 Å². The Kier molecular flexibility index (Phi) is 9.45. The average molecular weight is 650 g/mol. The topological polar surface area (TPSA) is 91.3 Å². The molecule has 2 heterocycles. The van der Waals surface area contributed by atoms with Crippen molar-refractivity contribution in [3.63, 3.8) is 0 Å². The lowest BCUT2D eigenvalue weighted by Crippen LogP contribution is -2.63. The zero-order chi connectivity index (χ0) is 33.2. The third kappa shape index (κ3) is 6.95. The molecular weight excluding hydrogens is 611 g/mol. The molecule has 1 aliphatic carbocycles. The molecule has 2 atom stereocenters. The van der Waals surface area contributed by atoms with Crippen LogP contribution in [0.15, 0.2) is 60.2 Å². The summed E-state index contributed by atoms with van der Waals surface area (Å²) in [6.07, 6.45) is 2.01. The second kappa shape index (κ2) is 13.7. The second-order valence-electron chi connectivity index (χ2n) is 12.5. The minimum Gasteiger partial charge on any atom is -0.488 e. The van der Waals surface area contributed by atoms with Crippen molar-refractivity contribution < 1.29 is 37.3 Å². The highest BCUT2D eigenvalue weighted by Crippen LogP contribution is 2.39. The van der Waals surface area contributed by atoms with Crippen molar-refractivity contribution in [1.29, 1.82) is 0 Å². The third-order valence-corrected chi connectivity index (χ3v) is 9.25. The maximum atomic E-state index is 14.5. The summed E-state index contributed by atoms with van der Waals surface area (Å²) in [7, 11) is 0. The van der Waals surface area contributed by atoms with Crippen LogP contribution in [0.25, 0.3) is 5.57 Å². The van der Waals surface area contributed by atoms with Gasteiger partial charge >= 0.3 is 6.09 Å². The largest absolute Gasteiger partial charge is 0.488 e. The fourth-order valence-electron chi connectivity index (χ4n) is 6.41. The Balaban J connectivity index is 1.22. The molecule has 6 rings (SSSR count). The number of hydrogen-bond acceptors (Lipinski definition) is 5. The molecule has 3 aliphatic rings. The minimum atomic E-state index is -1.35. The monoisotopic (exact) mass is 649 g/mol. The Morgan fingerprint density at radius 3 is 2.40 bits per heavy atom. The van der Waals surface area contributed by atoms with Crippen molar-refractivity contribution in [1.82, 2.24) is 15.1 Å². The van der Waals surface area contributed by atoms with Gasteiger partial charge in [-0.2, -0.15) is 4.39 Å². The lowest BCUT2D eigenvalue weighted by Gasteiger charge is -2.47. The Labute approximate surface area is 271 Å². The number of carbonyl (C=O) groups is 2. The first-order valence-electron chi connectivity index (χ1n) is 15.9. The molecule has 2 N–H and O–H groups in total. The SMILES string of the molecule is Cc1ccc(OCN(C(=O)C2=C(c3ccc(CCCOc4c(F)ccc(F)c4F)cc3)CC3CNCC2N3C(=O)O)C2CC2)cc1C. The van der Waals surface area contributed by atoms with E-state index < -0.39 is 35.3 Å². The van der Waals surface area contributed by atoms with E-state index in [1.54, 1.807) is 4.90 Å². The van der Waals surface area contributed by atoms with Gasteiger partial charge in [0, 0.05) is 24.7 Å². The molecule has 2 amide bonds. The van der Waals surface area contributed by atoms with Gasteiger partial charge in [-0.15, -0.1) is 0 Å². The van der Waals surface area contributed by atoms with E-state index in [9.17, 15) is 27.9 Å². The number of carboxylic acid groups (broad SMARTS) is 1. The quantitative estimate of drug-likeness (QED) is 0.145. The highest BCUT2D eigenvalue weighted by atomic mass is 19.2. The van der Waals surface area contributed by atoms with Crippen LogP contribution in [-0.2, 0) is 11.2 Å². The zero-order valence-corrected chi connectivity index (χ0v) is 26.4. The van der Waals surface area contributed by atoms with E-state index in [0.29, 0.717) is 49.7 Å². The van der Waals surface area contributed by atoms with Gasteiger partial charge in [-0.1, -0.05) is 30.3 Å². The van der Waals surface area contributed by atoms with E-state index in [1.807, 2.05) is 56.3 Å². The van der Waals surface area contributed by atoms with E-state index in [-0.39, 0.29) is 31.3 Å². The molecule has 1 saturated carbocycles. The summed E-state index contributed by atoms with van der Waals surface area (Å²) in [5.74, 6) is -3.76. The summed E-state index contributed by atoms with van der Waals surface area (Å²) < 4.78 is 52.6. The Morgan fingerprint density at radius 2 is 1.70 bits per heavy atom. The molecule has 2 aliphatic heterocycles. The maximum absolute atomic E-state index is 14.5. The predicted molar refractivity (Wildman–Crippen MR) is 170 cm³/mol. The first-order valence-corrected chi connectivity index (χ1v) is 15.9. The smallest absolute Gasteiger partial charge is 0.408 e. The van der Waals surface area contributed by atoms with Gasteiger partial charge in [-0.05, 0) is 98.0 Å². The molecule has 0 spiro atoms. The van der Waals surface area contributed by atoms with Crippen LogP contribution in [0.5, 0.6) is 11.5 Å². The van der Waals surface area contributed by atoms with E-state index in [4.69, 9.17) is 9.47 Å². The second-order valence-corrected chi connectivity index (χ2v) is 12.5. The number of ether oxygens (including phenoxy) is 2. The number of carbonyl (C=O) groups excluding carboxylic acids is 1. The van der Waals surface area contributed by atoms with Gasteiger partial charge in [0.2, 0.25) is 5.82 Å². The number of fused-ring (bicyclic) bond motifs is 2. The lowest BCUT2D eigenvalue weighted by molar-refractivity contribution is -0.131. The lowest BCUT2D eigenvalue weighted by atomic mass is 9.81. The summed E-state index contributed by atoms with van der Waals surface area (Å²) in [4.78, 5) is 30.0. The molecule has 2 bridgehead atoms.